The molecule has 4 rings (SSSR count). The Balaban J connectivity index is 1.33. The van der Waals surface area contributed by atoms with E-state index in [2.05, 4.69) is 9.71 Å². The van der Waals surface area contributed by atoms with Crippen LogP contribution in [0.5, 0.6) is 11.6 Å². The van der Waals surface area contributed by atoms with Crippen molar-refractivity contribution in [1.29, 1.82) is 0 Å². The number of aryl methyl sites for hydroxylation is 1. The van der Waals surface area contributed by atoms with Crippen LogP contribution in [0.2, 0.25) is 0 Å². The van der Waals surface area contributed by atoms with E-state index in [1.54, 1.807) is 24.4 Å². The SMILES string of the molecule is Cc1ccc(OC2CCC(NS(=O)(=O)c3ccc4c(c3)CCO4)CC2)nc1. The number of fused-ring (bicyclic) bond motifs is 1. The Bertz CT molecular complexity index is 904. The molecule has 27 heavy (non-hydrogen) atoms. The van der Waals surface area contributed by atoms with E-state index in [0.717, 1.165) is 49.0 Å². The number of sulfonamides is 1. The van der Waals surface area contributed by atoms with Crippen LogP contribution in [0.1, 0.15) is 36.8 Å². The summed E-state index contributed by atoms with van der Waals surface area (Å²) in [5.74, 6) is 1.42. The van der Waals surface area contributed by atoms with Gasteiger partial charge in [0.1, 0.15) is 11.9 Å². The predicted octanol–water partition coefficient (Wildman–Crippen LogP) is 2.99. The summed E-state index contributed by atoms with van der Waals surface area (Å²) in [5.41, 5.74) is 2.05. The highest BCUT2D eigenvalue weighted by molar-refractivity contribution is 7.89. The fourth-order valence-electron chi connectivity index (χ4n) is 3.61. The van der Waals surface area contributed by atoms with E-state index in [9.17, 15) is 8.42 Å². The maximum Gasteiger partial charge on any atom is 0.240 e. The molecule has 6 nitrogen and oxygen atoms in total. The first-order chi connectivity index (χ1) is 13.0. The third-order valence-corrected chi connectivity index (χ3v) is 6.66. The van der Waals surface area contributed by atoms with E-state index in [4.69, 9.17) is 9.47 Å². The van der Waals surface area contributed by atoms with E-state index in [-0.39, 0.29) is 12.1 Å². The Morgan fingerprint density at radius 3 is 2.70 bits per heavy atom. The van der Waals surface area contributed by atoms with Gasteiger partial charge in [-0.25, -0.2) is 18.1 Å². The van der Waals surface area contributed by atoms with Crippen molar-refractivity contribution in [3.05, 3.63) is 47.7 Å². The van der Waals surface area contributed by atoms with Crippen LogP contribution in [0.15, 0.2) is 41.4 Å². The standard InChI is InChI=1S/C20H24N2O4S/c1-14-2-9-20(21-13-14)26-17-5-3-16(4-6-17)22-27(23,24)18-7-8-19-15(12-18)10-11-25-19/h2,7-9,12-13,16-17,22H,3-6,10-11H2,1H3. The summed E-state index contributed by atoms with van der Waals surface area (Å²) in [4.78, 5) is 4.59. The molecular weight excluding hydrogens is 364 g/mol. The van der Waals surface area contributed by atoms with Crippen LogP contribution in [0.25, 0.3) is 0 Å². The molecule has 0 radical (unpaired) electrons. The zero-order valence-electron chi connectivity index (χ0n) is 15.3. The summed E-state index contributed by atoms with van der Waals surface area (Å²) >= 11 is 0. The van der Waals surface area contributed by atoms with Gasteiger partial charge in [0.2, 0.25) is 15.9 Å². The van der Waals surface area contributed by atoms with Gasteiger partial charge in [0.05, 0.1) is 11.5 Å². The van der Waals surface area contributed by atoms with Crippen LogP contribution in [0, 0.1) is 6.92 Å². The molecule has 2 aliphatic rings. The first-order valence-electron chi connectivity index (χ1n) is 9.37. The number of hydrogen-bond donors (Lipinski definition) is 1. The lowest BCUT2D eigenvalue weighted by Crippen LogP contribution is -2.39. The number of nitrogens with one attached hydrogen (secondary N) is 1. The molecule has 0 atom stereocenters. The van der Waals surface area contributed by atoms with Crippen molar-refractivity contribution in [2.45, 2.75) is 56.1 Å². The molecule has 1 aliphatic heterocycles. The van der Waals surface area contributed by atoms with Crippen molar-refractivity contribution in [2.24, 2.45) is 0 Å². The zero-order chi connectivity index (χ0) is 18.9. The molecule has 2 aromatic rings. The number of rotatable bonds is 5. The molecule has 1 aliphatic carbocycles. The molecule has 1 aromatic carbocycles. The van der Waals surface area contributed by atoms with Gasteiger partial charge in [0, 0.05) is 24.7 Å². The molecule has 1 aromatic heterocycles. The summed E-state index contributed by atoms with van der Waals surface area (Å²) in [5, 5.41) is 0. The molecule has 7 heteroatoms. The Morgan fingerprint density at radius 2 is 1.96 bits per heavy atom. The molecule has 1 N–H and O–H groups in total. The lowest BCUT2D eigenvalue weighted by Gasteiger charge is -2.29. The van der Waals surface area contributed by atoms with Gasteiger partial charge in [-0.3, -0.25) is 0 Å². The first kappa shape index (κ1) is 18.3. The average Bonchev–Trinajstić information content (AvgIpc) is 3.13. The van der Waals surface area contributed by atoms with Gasteiger partial charge in [0.15, 0.2) is 0 Å². The lowest BCUT2D eigenvalue weighted by atomic mass is 9.94. The Kier molecular flexibility index (Phi) is 5.06. The van der Waals surface area contributed by atoms with Crippen molar-refractivity contribution in [3.63, 3.8) is 0 Å². The molecule has 144 valence electrons. The largest absolute Gasteiger partial charge is 0.493 e. The molecule has 0 amide bonds. The van der Waals surface area contributed by atoms with Crippen molar-refractivity contribution >= 4 is 10.0 Å². The highest BCUT2D eigenvalue weighted by Crippen LogP contribution is 2.29. The van der Waals surface area contributed by atoms with E-state index in [1.165, 1.54) is 0 Å². The van der Waals surface area contributed by atoms with Crippen LogP contribution < -0.4 is 14.2 Å². The fraction of sp³-hybridized carbons (Fsp3) is 0.450. The summed E-state index contributed by atoms with van der Waals surface area (Å²) in [6.07, 6.45) is 5.75. The van der Waals surface area contributed by atoms with Crippen molar-refractivity contribution < 1.29 is 17.9 Å². The Labute approximate surface area is 160 Å². The normalized spacial score (nSPS) is 22.1. The summed E-state index contributed by atoms with van der Waals surface area (Å²) < 4.78 is 39.6. The minimum Gasteiger partial charge on any atom is -0.493 e. The minimum absolute atomic E-state index is 0.0645. The Hall–Kier alpha value is -2.12. The molecule has 0 saturated heterocycles. The molecule has 0 spiro atoms. The van der Waals surface area contributed by atoms with Crippen molar-refractivity contribution in [2.75, 3.05) is 6.61 Å². The maximum atomic E-state index is 12.7. The van der Waals surface area contributed by atoms with Gasteiger partial charge in [-0.1, -0.05) is 6.07 Å². The second-order valence-electron chi connectivity index (χ2n) is 7.25. The van der Waals surface area contributed by atoms with Gasteiger partial charge in [-0.05, 0) is 61.9 Å². The molecule has 0 unspecified atom stereocenters. The van der Waals surface area contributed by atoms with E-state index < -0.39 is 10.0 Å². The van der Waals surface area contributed by atoms with Gasteiger partial charge in [-0.2, -0.15) is 0 Å². The second kappa shape index (κ2) is 7.48. The quantitative estimate of drug-likeness (QED) is 0.852. The van der Waals surface area contributed by atoms with Crippen LogP contribution in [-0.4, -0.2) is 32.2 Å². The van der Waals surface area contributed by atoms with Gasteiger partial charge in [0.25, 0.3) is 0 Å². The topological polar surface area (TPSA) is 77.5 Å². The van der Waals surface area contributed by atoms with Gasteiger partial charge < -0.3 is 9.47 Å². The van der Waals surface area contributed by atoms with E-state index in [1.807, 2.05) is 19.1 Å². The molecule has 2 heterocycles. The number of aromatic nitrogens is 1. The van der Waals surface area contributed by atoms with E-state index in [0.29, 0.717) is 17.4 Å². The highest BCUT2D eigenvalue weighted by atomic mass is 32.2. The molecule has 1 saturated carbocycles. The maximum absolute atomic E-state index is 12.7. The molecule has 0 bridgehead atoms. The number of benzene rings is 1. The van der Waals surface area contributed by atoms with E-state index >= 15 is 0 Å². The number of nitrogens with zero attached hydrogens (tertiary/aromatic N) is 1. The lowest BCUT2D eigenvalue weighted by molar-refractivity contribution is 0.138. The number of pyridine rings is 1. The number of hydrogen-bond acceptors (Lipinski definition) is 5. The predicted molar refractivity (Wildman–Crippen MR) is 102 cm³/mol. The summed E-state index contributed by atoms with van der Waals surface area (Å²) in [7, 11) is -3.52. The monoisotopic (exact) mass is 388 g/mol. The third kappa shape index (κ3) is 4.25. The van der Waals surface area contributed by atoms with Crippen LogP contribution >= 0.6 is 0 Å². The Morgan fingerprint density at radius 1 is 1.15 bits per heavy atom. The summed E-state index contributed by atoms with van der Waals surface area (Å²) in [6.45, 7) is 2.61. The van der Waals surface area contributed by atoms with Crippen LogP contribution in [0.3, 0.4) is 0 Å². The van der Waals surface area contributed by atoms with Gasteiger partial charge >= 0.3 is 0 Å². The van der Waals surface area contributed by atoms with Gasteiger partial charge in [-0.15, -0.1) is 0 Å². The minimum atomic E-state index is -3.52. The molecular formula is C20H24N2O4S. The second-order valence-corrected chi connectivity index (χ2v) is 8.97. The fourth-order valence-corrected chi connectivity index (χ4v) is 4.97. The smallest absolute Gasteiger partial charge is 0.240 e. The van der Waals surface area contributed by atoms with Crippen molar-refractivity contribution in [3.8, 4) is 11.6 Å². The third-order valence-electron chi connectivity index (χ3n) is 5.14. The summed E-state index contributed by atoms with van der Waals surface area (Å²) in [6, 6.07) is 8.87. The highest BCUT2D eigenvalue weighted by Gasteiger charge is 2.27. The number of ether oxygens (including phenoxy) is 2. The average molecular weight is 388 g/mol. The molecule has 1 fully saturated rings. The first-order valence-corrected chi connectivity index (χ1v) is 10.9. The zero-order valence-corrected chi connectivity index (χ0v) is 16.2. The van der Waals surface area contributed by atoms with Crippen LogP contribution in [-0.2, 0) is 16.4 Å². The van der Waals surface area contributed by atoms with Crippen molar-refractivity contribution in [1.82, 2.24) is 9.71 Å². The van der Waals surface area contributed by atoms with Crippen LogP contribution in [0.4, 0.5) is 0 Å².